The van der Waals surface area contributed by atoms with E-state index in [1.807, 2.05) is 31.2 Å². The predicted octanol–water partition coefficient (Wildman–Crippen LogP) is 0.545. The van der Waals surface area contributed by atoms with Crippen molar-refractivity contribution >= 4 is 12.1 Å². The van der Waals surface area contributed by atoms with Gasteiger partial charge < -0.3 is 9.88 Å². The van der Waals surface area contributed by atoms with Gasteiger partial charge in [-0.25, -0.2) is 4.79 Å². The van der Waals surface area contributed by atoms with Crippen molar-refractivity contribution in [2.75, 3.05) is 4.90 Å². The molecule has 1 aromatic heterocycles. The Balaban J connectivity index is 2.42. The lowest BCUT2D eigenvalue weighted by Crippen LogP contribution is -2.37. The van der Waals surface area contributed by atoms with Crippen LogP contribution in [0.3, 0.4) is 0 Å². The minimum absolute atomic E-state index is 0.144. The Labute approximate surface area is 115 Å². The fourth-order valence-corrected chi connectivity index (χ4v) is 1.91. The van der Waals surface area contributed by atoms with Gasteiger partial charge in [0.2, 0.25) is 6.41 Å². The number of amides is 1. The van der Waals surface area contributed by atoms with E-state index in [4.69, 9.17) is 0 Å². The highest BCUT2D eigenvalue weighted by Crippen LogP contribution is 2.13. The zero-order chi connectivity index (χ0) is 14.7. The van der Waals surface area contributed by atoms with E-state index >= 15 is 0 Å². The normalized spacial score (nSPS) is 10.3. The van der Waals surface area contributed by atoms with Gasteiger partial charge in [0, 0.05) is 13.2 Å². The Hall–Kier alpha value is -2.63. The van der Waals surface area contributed by atoms with Crippen molar-refractivity contribution in [3.8, 4) is 0 Å². The fourth-order valence-electron chi connectivity index (χ4n) is 1.91. The smallest absolute Gasteiger partial charge is 0.312 e. The number of aryl methyl sites for hydroxylation is 1. The minimum atomic E-state index is -0.513. The Morgan fingerprint density at radius 1 is 1.30 bits per heavy atom. The van der Waals surface area contributed by atoms with Crippen LogP contribution in [0.4, 0.5) is 5.69 Å². The Morgan fingerprint density at radius 3 is 2.65 bits per heavy atom. The van der Waals surface area contributed by atoms with Gasteiger partial charge in [0.25, 0.3) is 5.56 Å². The second-order valence-electron chi connectivity index (χ2n) is 4.50. The quantitative estimate of drug-likeness (QED) is 0.826. The van der Waals surface area contributed by atoms with Crippen molar-refractivity contribution < 1.29 is 4.79 Å². The molecular weight excluding hydrogens is 258 g/mol. The Kier molecular flexibility index (Phi) is 3.84. The molecule has 1 amide bonds. The topological polar surface area (TPSA) is 75.2 Å². The summed E-state index contributed by atoms with van der Waals surface area (Å²) in [5.74, 6) is 0. The third-order valence-electron chi connectivity index (χ3n) is 3.20. The number of nitrogens with zero attached hydrogens (tertiary/aromatic N) is 2. The lowest BCUT2D eigenvalue weighted by Gasteiger charge is -2.18. The van der Waals surface area contributed by atoms with E-state index in [0.717, 1.165) is 15.7 Å². The highest BCUT2D eigenvalue weighted by molar-refractivity contribution is 5.74. The van der Waals surface area contributed by atoms with Crippen LogP contribution in [-0.4, -0.2) is 16.0 Å². The van der Waals surface area contributed by atoms with Crippen LogP contribution in [0.2, 0.25) is 0 Å². The molecule has 2 rings (SSSR count). The van der Waals surface area contributed by atoms with Gasteiger partial charge in [0.1, 0.15) is 5.69 Å². The van der Waals surface area contributed by atoms with E-state index in [2.05, 4.69) is 4.98 Å². The molecule has 0 saturated carbocycles. The molecule has 1 aromatic carbocycles. The summed E-state index contributed by atoms with van der Waals surface area (Å²) in [6.07, 6.45) is 1.85. The number of rotatable bonds is 4. The van der Waals surface area contributed by atoms with Gasteiger partial charge in [0.15, 0.2) is 0 Å². The summed E-state index contributed by atoms with van der Waals surface area (Å²) >= 11 is 0. The maximum Gasteiger partial charge on any atom is 0.328 e. The molecular formula is C14H15N3O3. The van der Waals surface area contributed by atoms with Crippen molar-refractivity contribution in [2.24, 2.45) is 7.05 Å². The number of benzene rings is 1. The molecule has 0 saturated heterocycles. The molecule has 0 atom stereocenters. The molecule has 0 aliphatic heterocycles. The molecule has 2 aromatic rings. The lowest BCUT2D eigenvalue weighted by molar-refractivity contribution is -0.107. The second-order valence-corrected chi connectivity index (χ2v) is 4.50. The van der Waals surface area contributed by atoms with Crippen molar-refractivity contribution in [1.29, 1.82) is 0 Å². The molecule has 104 valence electrons. The van der Waals surface area contributed by atoms with E-state index in [1.54, 1.807) is 0 Å². The number of anilines is 1. The number of nitrogens with one attached hydrogen (secondary N) is 1. The number of hydrogen-bond donors (Lipinski definition) is 1. The van der Waals surface area contributed by atoms with Crippen LogP contribution in [-0.2, 0) is 18.4 Å². The molecule has 6 nitrogen and oxygen atoms in total. The average Bonchev–Trinajstić information content (AvgIpc) is 2.45. The van der Waals surface area contributed by atoms with Crippen LogP contribution in [0.1, 0.15) is 11.1 Å². The maximum absolute atomic E-state index is 12.0. The van der Waals surface area contributed by atoms with Crippen LogP contribution in [0.25, 0.3) is 0 Å². The summed E-state index contributed by atoms with van der Waals surface area (Å²) in [5.41, 5.74) is 1.09. The highest BCUT2D eigenvalue weighted by Gasteiger charge is 2.13. The zero-order valence-electron chi connectivity index (χ0n) is 11.3. The van der Waals surface area contributed by atoms with Crippen molar-refractivity contribution in [1.82, 2.24) is 9.55 Å². The third kappa shape index (κ3) is 2.54. The molecule has 1 N–H and O–H groups in total. The molecule has 1 heterocycles. The number of H-pyrrole nitrogens is 1. The van der Waals surface area contributed by atoms with Gasteiger partial charge in [-0.15, -0.1) is 0 Å². The summed E-state index contributed by atoms with van der Waals surface area (Å²) in [6, 6.07) is 7.60. The molecule has 0 aliphatic carbocycles. The SMILES string of the molecule is Cc1ccccc1CN(C=O)c1c[nH]c(=O)n(C)c1=O. The van der Waals surface area contributed by atoms with Crippen molar-refractivity contribution in [3.05, 3.63) is 62.4 Å². The number of aromatic amines is 1. The molecule has 0 bridgehead atoms. The van der Waals surface area contributed by atoms with Crippen molar-refractivity contribution in [2.45, 2.75) is 13.5 Å². The maximum atomic E-state index is 12.0. The summed E-state index contributed by atoms with van der Waals surface area (Å²) in [6.45, 7) is 2.21. The first-order chi connectivity index (χ1) is 9.54. The average molecular weight is 273 g/mol. The Bertz CT molecular complexity index is 746. The summed E-state index contributed by atoms with van der Waals surface area (Å²) in [4.78, 5) is 38.3. The van der Waals surface area contributed by atoms with Crippen LogP contribution < -0.4 is 16.1 Å². The molecule has 0 radical (unpaired) electrons. The van der Waals surface area contributed by atoms with E-state index in [9.17, 15) is 14.4 Å². The molecule has 0 spiro atoms. The molecule has 0 unspecified atom stereocenters. The first-order valence-electron chi connectivity index (χ1n) is 6.09. The van der Waals surface area contributed by atoms with Gasteiger partial charge >= 0.3 is 5.69 Å². The zero-order valence-corrected chi connectivity index (χ0v) is 11.3. The van der Waals surface area contributed by atoms with E-state index < -0.39 is 11.2 Å². The first-order valence-corrected chi connectivity index (χ1v) is 6.09. The second kappa shape index (κ2) is 5.56. The Morgan fingerprint density at radius 2 is 2.00 bits per heavy atom. The largest absolute Gasteiger partial charge is 0.328 e. The van der Waals surface area contributed by atoms with Gasteiger partial charge in [-0.2, -0.15) is 0 Å². The van der Waals surface area contributed by atoms with Crippen molar-refractivity contribution in [3.63, 3.8) is 0 Å². The molecule has 0 fully saturated rings. The highest BCUT2D eigenvalue weighted by atomic mass is 16.2. The summed E-state index contributed by atoms with van der Waals surface area (Å²) < 4.78 is 0.934. The van der Waals surface area contributed by atoms with Crippen LogP contribution >= 0.6 is 0 Å². The number of carbonyl (C=O) groups is 1. The monoisotopic (exact) mass is 273 g/mol. The van der Waals surface area contributed by atoms with E-state index in [-0.39, 0.29) is 12.2 Å². The van der Waals surface area contributed by atoms with Crippen LogP contribution in [0, 0.1) is 6.92 Å². The standard InChI is InChI=1S/C14H15N3O3/c1-10-5-3-4-6-11(10)8-17(9-18)12-7-15-14(20)16(2)13(12)19/h3-7,9H,8H2,1-2H3,(H,15,20). The molecule has 0 aliphatic rings. The molecule has 6 heteroatoms. The lowest BCUT2D eigenvalue weighted by atomic mass is 10.1. The van der Waals surface area contributed by atoms with E-state index in [0.29, 0.717) is 6.41 Å². The van der Waals surface area contributed by atoms with Crippen LogP contribution in [0.5, 0.6) is 0 Å². The van der Waals surface area contributed by atoms with Gasteiger partial charge in [-0.1, -0.05) is 24.3 Å². The van der Waals surface area contributed by atoms with Gasteiger partial charge in [0.05, 0.1) is 6.54 Å². The van der Waals surface area contributed by atoms with Gasteiger partial charge in [-0.05, 0) is 18.1 Å². The van der Waals surface area contributed by atoms with Crippen LogP contribution in [0.15, 0.2) is 40.1 Å². The fraction of sp³-hybridized carbons (Fsp3) is 0.214. The molecule has 20 heavy (non-hydrogen) atoms. The minimum Gasteiger partial charge on any atom is -0.312 e. The number of aromatic nitrogens is 2. The predicted molar refractivity (Wildman–Crippen MR) is 75.7 cm³/mol. The first kappa shape index (κ1) is 13.8. The third-order valence-corrected chi connectivity index (χ3v) is 3.20. The summed E-state index contributed by atoms with van der Waals surface area (Å²) in [7, 11) is 1.36. The van der Waals surface area contributed by atoms with Gasteiger partial charge in [-0.3, -0.25) is 14.2 Å². The number of hydrogen-bond acceptors (Lipinski definition) is 3. The number of carbonyl (C=O) groups excluding carboxylic acids is 1. The summed E-state index contributed by atoms with van der Waals surface area (Å²) in [5, 5.41) is 0. The van der Waals surface area contributed by atoms with E-state index in [1.165, 1.54) is 18.1 Å².